The molecule has 1 unspecified atom stereocenters. The molecule has 5 nitrogen and oxygen atoms in total. The average Bonchev–Trinajstić information content (AvgIpc) is 3.45. The lowest BCUT2D eigenvalue weighted by Gasteiger charge is -2.42. The number of nitrogens with one attached hydrogen (secondary N) is 1. The molecule has 0 bridgehead atoms. The van der Waals surface area contributed by atoms with Gasteiger partial charge in [0.05, 0.1) is 6.04 Å². The summed E-state index contributed by atoms with van der Waals surface area (Å²) in [7, 11) is 0. The van der Waals surface area contributed by atoms with E-state index in [1.165, 1.54) is 37.8 Å². The standard InChI is InChI=1S/C22H31FN4OS/c23-18-7-9-19(10-8-18)24-22(29)27-15-13-25(14-16-27)20(17-5-1-2-6-17)21(28)26-11-3-4-12-26/h7-10,17,20H,1-6,11-16H2,(H,24,29). The van der Waals surface area contributed by atoms with E-state index in [2.05, 4.69) is 20.0 Å². The molecule has 1 saturated carbocycles. The number of likely N-dealkylation sites (tertiary alicyclic amines) is 1. The molecular weight excluding hydrogens is 387 g/mol. The number of thiocarbonyl (C=S) groups is 1. The first-order chi connectivity index (χ1) is 14.1. The maximum absolute atomic E-state index is 13.3. The van der Waals surface area contributed by atoms with Crippen molar-refractivity contribution < 1.29 is 9.18 Å². The van der Waals surface area contributed by atoms with Crippen LogP contribution in [0, 0.1) is 11.7 Å². The molecule has 0 spiro atoms. The third kappa shape index (κ3) is 4.89. The van der Waals surface area contributed by atoms with Gasteiger partial charge in [-0.3, -0.25) is 9.69 Å². The minimum absolute atomic E-state index is 0.0383. The molecule has 3 fully saturated rings. The number of halogens is 1. The van der Waals surface area contributed by atoms with Crippen LogP contribution in [0.1, 0.15) is 38.5 Å². The molecule has 1 amide bonds. The molecule has 29 heavy (non-hydrogen) atoms. The second-order valence-corrected chi connectivity index (χ2v) is 8.87. The lowest BCUT2D eigenvalue weighted by atomic mass is 9.94. The number of hydrogen-bond donors (Lipinski definition) is 1. The van der Waals surface area contributed by atoms with E-state index in [0.717, 1.165) is 57.8 Å². The topological polar surface area (TPSA) is 38.8 Å². The molecule has 1 N–H and O–H groups in total. The van der Waals surface area contributed by atoms with Gasteiger partial charge < -0.3 is 15.1 Å². The summed E-state index contributed by atoms with van der Waals surface area (Å²) in [6.45, 7) is 5.17. The molecule has 2 saturated heterocycles. The number of hydrogen-bond acceptors (Lipinski definition) is 3. The van der Waals surface area contributed by atoms with E-state index in [0.29, 0.717) is 16.9 Å². The highest BCUT2D eigenvalue weighted by molar-refractivity contribution is 7.80. The van der Waals surface area contributed by atoms with Gasteiger partial charge >= 0.3 is 0 Å². The minimum Gasteiger partial charge on any atom is -0.346 e. The highest BCUT2D eigenvalue weighted by atomic mass is 32.1. The molecule has 1 aliphatic carbocycles. The average molecular weight is 419 g/mol. The number of piperazine rings is 1. The van der Waals surface area contributed by atoms with Crippen molar-refractivity contribution in [2.24, 2.45) is 5.92 Å². The highest BCUT2D eigenvalue weighted by Gasteiger charge is 2.39. The lowest BCUT2D eigenvalue weighted by Crippen LogP contribution is -2.58. The van der Waals surface area contributed by atoms with Crippen molar-refractivity contribution in [3.63, 3.8) is 0 Å². The van der Waals surface area contributed by atoms with Crippen LogP contribution in [0.4, 0.5) is 10.1 Å². The number of benzene rings is 1. The predicted molar refractivity (Wildman–Crippen MR) is 117 cm³/mol. The zero-order valence-corrected chi connectivity index (χ0v) is 17.8. The van der Waals surface area contributed by atoms with Crippen LogP contribution in [0.25, 0.3) is 0 Å². The second-order valence-electron chi connectivity index (χ2n) is 8.48. The Labute approximate surface area is 178 Å². The Hall–Kier alpha value is -1.73. The highest BCUT2D eigenvalue weighted by Crippen LogP contribution is 2.32. The molecule has 0 aromatic heterocycles. The normalized spacial score (nSPS) is 22.1. The van der Waals surface area contributed by atoms with Crippen LogP contribution in [0.5, 0.6) is 0 Å². The molecule has 1 atom stereocenters. The van der Waals surface area contributed by atoms with E-state index < -0.39 is 0 Å². The zero-order valence-electron chi connectivity index (χ0n) is 17.0. The van der Waals surface area contributed by atoms with Crippen LogP contribution in [0.3, 0.4) is 0 Å². The number of anilines is 1. The van der Waals surface area contributed by atoms with Gasteiger partial charge in [-0.1, -0.05) is 12.8 Å². The molecule has 0 radical (unpaired) electrons. The van der Waals surface area contributed by atoms with Gasteiger partial charge in [0.1, 0.15) is 5.82 Å². The van der Waals surface area contributed by atoms with Crippen LogP contribution in [-0.2, 0) is 4.79 Å². The Morgan fingerprint density at radius 1 is 0.931 bits per heavy atom. The molecule has 2 aliphatic heterocycles. The van der Waals surface area contributed by atoms with Gasteiger partial charge in [0.2, 0.25) is 5.91 Å². The zero-order chi connectivity index (χ0) is 20.2. The molecule has 1 aromatic carbocycles. The van der Waals surface area contributed by atoms with Gasteiger partial charge in [0.15, 0.2) is 5.11 Å². The summed E-state index contributed by atoms with van der Waals surface area (Å²) in [4.78, 5) is 20.0. The van der Waals surface area contributed by atoms with E-state index >= 15 is 0 Å². The van der Waals surface area contributed by atoms with Crippen LogP contribution in [0.2, 0.25) is 0 Å². The van der Waals surface area contributed by atoms with E-state index in [9.17, 15) is 9.18 Å². The smallest absolute Gasteiger partial charge is 0.240 e. The van der Waals surface area contributed by atoms with Crippen molar-refractivity contribution in [3.05, 3.63) is 30.1 Å². The first-order valence-corrected chi connectivity index (χ1v) is 11.4. The molecular formula is C22H31FN4OS. The summed E-state index contributed by atoms with van der Waals surface area (Å²) in [6, 6.07) is 6.29. The van der Waals surface area contributed by atoms with E-state index in [-0.39, 0.29) is 11.9 Å². The van der Waals surface area contributed by atoms with Crippen molar-refractivity contribution in [1.29, 1.82) is 0 Å². The number of amides is 1. The number of carbonyl (C=O) groups is 1. The third-order valence-corrected chi connectivity index (χ3v) is 6.97. The van der Waals surface area contributed by atoms with E-state index in [4.69, 9.17) is 12.2 Å². The monoisotopic (exact) mass is 418 g/mol. The van der Waals surface area contributed by atoms with Crippen LogP contribution in [0.15, 0.2) is 24.3 Å². The second kappa shape index (κ2) is 9.39. The van der Waals surface area contributed by atoms with Crippen molar-refractivity contribution in [3.8, 4) is 0 Å². The van der Waals surface area contributed by atoms with Crippen LogP contribution in [-0.4, -0.2) is 71.0 Å². The molecule has 3 aliphatic rings. The quantitative estimate of drug-likeness (QED) is 0.760. The summed E-state index contributed by atoms with van der Waals surface area (Å²) in [5.74, 6) is 0.601. The van der Waals surface area contributed by atoms with Gasteiger partial charge in [-0.25, -0.2) is 4.39 Å². The SMILES string of the molecule is O=C(C(C1CCCC1)N1CCN(C(=S)Nc2ccc(F)cc2)CC1)N1CCCC1. The van der Waals surface area contributed by atoms with Crippen LogP contribution >= 0.6 is 12.2 Å². The molecule has 7 heteroatoms. The molecule has 1 aromatic rings. The Morgan fingerprint density at radius 2 is 1.55 bits per heavy atom. The summed E-state index contributed by atoms with van der Waals surface area (Å²) >= 11 is 5.57. The summed E-state index contributed by atoms with van der Waals surface area (Å²) in [5, 5.41) is 3.87. The Morgan fingerprint density at radius 3 is 2.17 bits per heavy atom. The van der Waals surface area contributed by atoms with Gasteiger partial charge in [-0.2, -0.15) is 0 Å². The largest absolute Gasteiger partial charge is 0.346 e. The summed E-state index contributed by atoms with van der Waals surface area (Å²) in [6.07, 6.45) is 7.13. The molecule has 4 rings (SSSR count). The summed E-state index contributed by atoms with van der Waals surface area (Å²) < 4.78 is 13.1. The Bertz CT molecular complexity index is 708. The minimum atomic E-state index is -0.254. The maximum atomic E-state index is 13.3. The van der Waals surface area contributed by atoms with Gasteiger partial charge in [0, 0.05) is 45.0 Å². The van der Waals surface area contributed by atoms with E-state index in [1.54, 1.807) is 12.1 Å². The van der Waals surface area contributed by atoms with Crippen molar-refractivity contribution in [1.82, 2.24) is 14.7 Å². The van der Waals surface area contributed by atoms with Crippen LogP contribution < -0.4 is 5.32 Å². The molecule has 158 valence electrons. The van der Waals surface area contributed by atoms with Gasteiger partial charge in [-0.15, -0.1) is 0 Å². The van der Waals surface area contributed by atoms with Crippen molar-refractivity contribution in [2.45, 2.75) is 44.6 Å². The number of carbonyl (C=O) groups excluding carboxylic acids is 1. The molecule has 2 heterocycles. The fraction of sp³-hybridized carbons (Fsp3) is 0.636. The Kier molecular flexibility index (Phi) is 6.65. The lowest BCUT2D eigenvalue weighted by molar-refractivity contribution is -0.138. The Balaban J connectivity index is 1.36. The fourth-order valence-corrected chi connectivity index (χ4v) is 5.29. The van der Waals surface area contributed by atoms with Crippen molar-refractivity contribution >= 4 is 28.9 Å². The first kappa shape index (κ1) is 20.5. The van der Waals surface area contributed by atoms with Gasteiger partial charge in [-0.05, 0) is 68.1 Å². The first-order valence-electron chi connectivity index (χ1n) is 11.0. The predicted octanol–water partition coefficient (Wildman–Crippen LogP) is 3.32. The van der Waals surface area contributed by atoms with Gasteiger partial charge in [0.25, 0.3) is 0 Å². The number of rotatable bonds is 4. The third-order valence-electron chi connectivity index (χ3n) is 6.61. The number of nitrogens with zero attached hydrogens (tertiary/aromatic N) is 3. The van der Waals surface area contributed by atoms with Crippen molar-refractivity contribution in [2.75, 3.05) is 44.6 Å². The maximum Gasteiger partial charge on any atom is 0.240 e. The van der Waals surface area contributed by atoms with E-state index in [1.807, 2.05) is 0 Å². The fourth-order valence-electron chi connectivity index (χ4n) is 4.99. The summed E-state index contributed by atoms with van der Waals surface area (Å²) in [5.41, 5.74) is 0.798.